The minimum Gasteiger partial charge on any atom is -0.461 e. The lowest BCUT2D eigenvalue weighted by Gasteiger charge is -2.04. The largest absolute Gasteiger partial charge is 0.461 e. The zero-order chi connectivity index (χ0) is 12.0. The highest BCUT2D eigenvalue weighted by atomic mass is 35.5. The Bertz CT molecular complexity index is 379. The molecular weight excluding hydrogens is 255 g/mol. The lowest BCUT2D eigenvalue weighted by atomic mass is 10.6. The highest BCUT2D eigenvalue weighted by Gasteiger charge is 2.02. The van der Waals surface area contributed by atoms with E-state index in [1.54, 1.807) is 0 Å². The maximum Gasteiger partial charge on any atom is 0.330 e. The van der Waals surface area contributed by atoms with Gasteiger partial charge in [-0.2, -0.15) is 15.0 Å². The van der Waals surface area contributed by atoms with E-state index < -0.39 is 5.97 Å². The van der Waals surface area contributed by atoms with E-state index in [4.69, 9.17) is 27.9 Å². The maximum absolute atomic E-state index is 10.7. The molecule has 0 unspecified atom stereocenters. The highest BCUT2D eigenvalue weighted by Crippen LogP contribution is 2.08. The number of hydrogen-bond donors (Lipinski definition) is 1. The van der Waals surface area contributed by atoms with E-state index in [9.17, 15) is 4.79 Å². The first kappa shape index (κ1) is 12.7. The number of halogens is 2. The monoisotopic (exact) mass is 262 g/mol. The lowest BCUT2D eigenvalue weighted by molar-refractivity contribution is -0.137. The van der Waals surface area contributed by atoms with Crippen molar-refractivity contribution in [1.29, 1.82) is 0 Å². The first-order valence-electron chi connectivity index (χ1n) is 4.22. The van der Waals surface area contributed by atoms with Crippen molar-refractivity contribution in [2.24, 2.45) is 0 Å². The normalized spacial score (nSPS) is 9.62. The van der Waals surface area contributed by atoms with E-state index in [-0.39, 0.29) is 23.1 Å². The van der Waals surface area contributed by atoms with Crippen LogP contribution in [0.15, 0.2) is 12.7 Å². The van der Waals surface area contributed by atoms with Gasteiger partial charge in [0, 0.05) is 6.08 Å². The van der Waals surface area contributed by atoms with Crippen molar-refractivity contribution in [2.75, 3.05) is 18.5 Å². The Labute approximate surface area is 102 Å². The molecule has 16 heavy (non-hydrogen) atoms. The summed E-state index contributed by atoms with van der Waals surface area (Å²) in [5.41, 5.74) is 0. The summed E-state index contributed by atoms with van der Waals surface area (Å²) in [7, 11) is 0. The van der Waals surface area contributed by atoms with E-state index in [0.717, 1.165) is 6.08 Å². The molecule has 8 heteroatoms. The average Bonchev–Trinajstić information content (AvgIpc) is 2.22. The van der Waals surface area contributed by atoms with Crippen LogP contribution >= 0.6 is 23.2 Å². The number of rotatable bonds is 5. The summed E-state index contributed by atoms with van der Waals surface area (Å²) in [5.74, 6) is -0.270. The third kappa shape index (κ3) is 4.41. The zero-order valence-electron chi connectivity index (χ0n) is 8.11. The number of nitrogens with zero attached hydrogens (tertiary/aromatic N) is 3. The summed E-state index contributed by atoms with van der Waals surface area (Å²) in [6.45, 7) is 3.75. The van der Waals surface area contributed by atoms with Crippen LogP contribution in [-0.2, 0) is 9.53 Å². The third-order valence-corrected chi connectivity index (χ3v) is 1.72. The second kappa shape index (κ2) is 6.24. The average molecular weight is 263 g/mol. The van der Waals surface area contributed by atoms with Crippen molar-refractivity contribution in [1.82, 2.24) is 15.0 Å². The molecule has 0 aromatic carbocycles. The Morgan fingerprint density at radius 2 is 2.00 bits per heavy atom. The van der Waals surface area contributed by atoms with Gasteiger partial charge in [-0.3, -0.25) is 0 Å². The van der Waals surface area contributed by atoms with E-state index >= 15 is 0 Å². The van der Waals surface area contributed by atoms with Crippen molar-refractivity contribution in [3.63, 3.8) is 0 Å². The minimum absolute atomic E-state index is 0.00872. The molecule has 1 aromatic heterocycles. The van der Waals surface area contributed by atoms with Gasteiger partial charge in [-0.05, 0) is 23.2 Å². The van der Waals surface area contributed by atoms with E-state index in [0.29, 0.717) is 6.54 Å². The smallest absolute Gasteiger partial charge is 0.330 e. The summed E-state index contributed by atoms with van der Waals surface area (Å²) < 4.78 is 4.72. The van der Waals surface area contributed by atoms with Gasteiger partial charge in [0.2, 0.25) is 16.5 Å². The SMILES string of the molecule is C=CC(=O)OCCNc1nc(Cl)nc(Cl)n1. The molecule has 0 radical (unpaired) electrons. The second-order valence-electron chi connectivity index (χ2n) is 2.50. The van der Waals surface area contributed by atoms with E-state index in [1.807, 2.05) is 0 Å². The number of carbonyl (C=O) groups is 1. The third-order valence-electron chi connectivity index (χ3n) is 1.38. The van der Waals surface area contributed by atoms with Crippen LogP contribution < -0.4 is 5.32 Å². The summed E-state index contributed by atoms with van der Waals surface area (Å²) in [6.07, 6.45) is 1.08. The molecule has 0 amide bonds. The van der Waals surface area contributed by atoms with Crippen molar-refractivity contribution < 1.29 is 9.53 Å². The van der Waals surface area contributed by atoms with Gasteiger partial charge in [-0.25, -0.2) is 4.79 Å². The molecule has 0 saturated heterocycles. The molecule has 1 heterocycles. The second-order valence-corrected chi connectivity index (χ2v) is 3.17. The van der Waals surface area contributed by atoms with Crippen LogP contribution in [0.25, 0.3) is 0 Å². The standard InChI is InChI=1S/C8H8Cl2N4O2/c1-2-5(15)16-4-3-11-8-13-6(9)12-7(10)14-8/h2H,1,3-4H2,(H,11,12,13,14). The van der Waals surface area contributed by atoms with Crippen LogP contribution in [0.5, 0.6) is 0 Å². The molecule has 0 aliphatic rings. The van der Waals surface area contributed by atoms with Gasteiger partial charge in [0.05, 0.1) is 6.54 Å². The Morgan fingerprint density at radius 3 is 2.56 bits per heavy atom. The van der Waals surface area contributed by atoms with Crippen LogP contribution in [0.4, 0.5) is 5.95 Å². The molecule has 0 fully saturated rings. The number of nitrogens with one attached hydrogen (secondary N) is 1. The summed E-state index contributed by atoms with van der Waals surface area (Å²) in [5, 5.41) is 2.75. The first-order chi connectivity index (χ1) is 7.61. The number of ether oxygens (including phenoxy) is 1. The minimum atomic E-state index is -0.492. The molecule has 1 rings (SSSR count). The molecule has 0 aliphatic carbocycles. The van der Waals surface area contributed by atoms with Crippen LogP contribution in [-0.4, -0.2) is 34.1 Å². The molecule has 0 aliphatic heterocycles. The van der Waals surface area contributed by atoms with E-state index in [2.05, 4.69) is 26.8 Å². The van der Waals surface area contributed by atoms with Gasteiger partial charge in [-0.1, -0.05) is 6.58 Å². The molecule has 0 saturated carbocycles. The number of esters is 1. The van der Waals surface area contributed by atoms with Gasteiger partial charge in [0.25, 0.3) is 0 Å². The van der Waals surface area contributed by atoms with Gasteiger partial charge in [0.15, 0.2) is 0 Å². The number of carbonyl (C=O) groups excluding carboxylic acids is 1. The summed E-state index contributed by atoms with van der Waals surface area (Å²) in [4.78, 5) is 21.8. The predicted octanol–water partition coefficient (Wildman–Crippen LogP) is 1.32. The zero-order valence-corrected chi connectivity index (χ0v) is 9.62. The van der Waals surface area contributed by atoms with Crippen molar-refractivity contribution in [2.45, 2.75) is 0 Å². The quantitative estimate of drug-likeness (QED) is 0.490. The summed E-state index contributed by atoms with van der Waals surface area (Å²) >= 11 is 11.1. The number of anilines is 1. The molecule has 86 valence electrons. The Kier molecular flexibility index (Phi) is 4.94. The van der Waals surface area contributed by atoms with Crippen LogP contribution in [0.2, 0.25) is 10.6 Å². The molecule has 6 nitrogen and oxygen atoms in total. The van der Waals surface area contributed by atoms with Gasteiger partial charge in [0.1, 0.15) is 6.61 Å². The van der Waals surface area contributed by atoms with Gasteiger partial charge >= 0.3 is 5.97 Å². The molecule has 1 N–H and O–H groups in total. The highest BCUT2D eigenvalue weighted by molar-refractivity contribution is 6.31. The van der Waals surface area contributed by atoms with Crippen LogP contribution in [0.1, 0.15) is 0 Å². The summed E-state index contributed by atoms with van der Waals surface area (Å²) in [6, 6.07) is 0. The van der Waals surface area contributed by atoms with E-state index in [1.165, 1.54) is 0 Å². The van der Waals surface area contributed by atoms with Crippen LogP contribution in [0, 0.1) is 0 Å². The Balaban J connectivity index is 2.37. The lowest BCUT2D eigenvalue weighted by Crippen LogP contribution is -2.14. The predicted molar refractivity (Wildman–Crippen MR) is 59.5 cm³/mol. The Morgan fingerprint density at radius 1 is 1.38 bits per heavy atom. The molecule has 1 aromatic rings. The maximum atomic E-state index is 10.7. The molecule has 0 atom stereocenters. The molecule has 0 spiro atoms. The van der Waals surface area contributed by atoms with Gasteiger partial charge < -0.3 is 10.1 Å². The number of aromatic nitrogens is 3. The molecular formula is C8H8Cl2N4O2. The van der Waals surface area contributed by atoms with Crippen molar-refractivity contribution in [3.05, 3.63) is 23.2 Å². The first-order valence-corrected chi connectivity index (χ1v) is 4.97. The fourth-order valence-corrected chi connectivity index (χ4v) is 1.14. The van der Waals surface area contributed by atoms with Crippen molar-refractivity contribution >= 4 is 35.1 Å². The molecule has 0 bridgehead atoms. The number of hydrogen-bond acceptors (Lipinski definition) is 6. The van der Waals surface area contributed by atoms with Crippen molar-refractivity contribution in [3.8, 4) is 0 Å². The van der Waals surface area contributed by atoms with Gasteiger partial charge in [-0.15, -0.1) is 0 Å². The van der Waals surface area contributed by atoms with Crippen LogP contribution in [0.3, 0.4) is 0 Å². The topological polar surface area (TPSA) is 77.0 Å². The fraction of sp³-hybridized carbons (Fsp3) is 0.250. The Hall–Kier alpha value is -1.40. The fourth-order valence-electron chi connectivity index (χ4n) is 0.778.